The summed E-state index contributed by atoms with van der Waals surface area (Å²) in [6.45, 7) is 3.77. The van der Waals surface area contributed by atoms with Crippen LogP contribution in [0.5, 0.6) is 0 Å². The summed E-state index contributed by atoms with van der Waals surface area (Å²) in [4.78, 5) is 36.6. The highest BCUT2D eigenvalue weighted by molar-refractivity contribution is 6.06. The number of nitrogens with two attached hydrogens (primary N) is 2. The minimum atomic E-state index is -0.867. The first kappa shape index (κ1) is 26.8. The zero-order chi connectivity index (χ0) is 26.1. The lowest BCUT2D eigenvalue weighted by molar-refractivity contribution is -0.556. The molecule has 8 heteroatoms. The summed E-state index contributed by atoms with van der Waals surface area (Å²) in [7, 11) is 0. The molecule has 1 aliphatic carbocycles. The van der Waals surface area contributed by atoms with Crippen molar-refractivity contribution in [1.29, 1.82) is 0 Å². The fraction of sp³-hybridized carbons (Fsp3) is 0.517. The van der Waals surface area contributed by atoms with Crippen LogP contribution in [0, 0.1) is 5.92 Å². The summed E-state index contributed by atoms with van der Waals surface area (Å²) in [6, 6.07) is 11.8. The molecule has 1 aliphatic heterocycles. The number of hydrogen-bond donors (Lipinski definition) is 3. The minimum Gasteiger partial charge on any atom is -0.369 e. The van der Waals surface area contributed by atoms with Gasteiger partial charge in [0.25, 0.3) is 5.91 Å². The van der Waals surface area contributed by atoms with Gasteiger partial charge in [-0.3, -0.25) is 20.0 Å². The largest absolute Gasteiger partial charge is 0.413 e. The van der Waals surface area contributed by atoms with E-state index in [0.29, 0.717) is 31.4 Å². The Balaban J connectivity index is 1.42. The molecule has 1 unspecified atom stereocenters. The average molecular weight is 506 g/mol. The fourth-order valence-corrected chi connectivity index (χ4v) is 5.51. The molecule has 1 saturated carbocycles. The van der Waals surface area contributed by atoms with Crippen LogP contribution in [-0.4, -0.2) is 39.9 Å². The molecular formula is C29H41N6O2+. The van der Waals surface area contributed by atoms with Gasteiger partial charge >= 0.3 is 6.03 Å². The maximum absolute atomic E-state index is 13.9. The third-order valence-electron chi connectivity index (χ3n) is 7.54. The first-order valence-electron chi connectivity index (χ1n) is 13.7. The van der Waals surface area contributed by atoms with Gasteiger partial charge in [0, 0.05) is 25.4 Å². The van der Waals surface area contributed by atoms with E-state index in [1.54, 1.807) is 16.4 Å². The lowest BCUT2D eigenvalue weighted by Gasteiger charge is -2.32. The predicted molar refractivity (Wildman–Crippen MR) is 144 cm³/mol. The Bertz CT molecular complexity index is 1070. The number of aromatic nitrogens is 1. The van der Waals surface area contributed by atoms with E-state index in [9.17, 15) is 9.59 Å². The Hall–Kier alpha value is -3.26. The second-order valence-electron chi connectivity index (χ2n) is 10.5. The van der Waals surface area contributed by atoms with Crippen molar-refractivity contribution < 1.29 is 14.9 Å². The molecule has 1 fully saturated rings. The summed E-state index contributed by atoms with van der Waals surface area (Å²) in [5, 5.41) is 4.65. The topological polar surface area (TPSA) is 117 Å². The second-order valence-corrected chi connectivity index (χ2v) is 10.5. The molecule has 2 aliphatic rings. The molecule has 8 nitrogen and oxygen atoms in total. The Morgan fingerprint density at radius 1 is 1.14 bits per heavy atom. The lowest BCUT2D eigenvalue weighted by atomic mass is 9.77. The Morgan fingerprint density at radius 3 is 2.59 bits per heavy atom. The molecule has 1 aromatic heterocycles. The number of nitrogens with one attached hydrogen (secondary N) is 1. The molecule has 3 amide bonds. The number of unbranched alkanes of at least 4 members (excludes halogenated alkanes) is 1. The smallest absolute Gasteiger partial charge is 0.369 e. The van der Waals surface area contributed by atoms with Crippen LogP contribution in [-0.2, 0) is 24.3 Å². The van der Waals surface area contributed by atoms with Crippen LogP contribution < -0.4 is 16.4 Å². The molecule has 198 valence electrons. The zero-order valence-corrected chi connectivity index (χ0v) is 22.0. The molecule has 2 heterocycles. The van der Waals surface area contributed by atoms with E-state index in [1.165, 1.54) is 19.3 Å². The summed E-state index contributed by atoms with van der Waals surface area (Å²) < 4.78 is 0. The molecule has 0 saturated heterocycles. The summed E-state index contributed by atoms with van der Waals surface area (Å²) in [5.41, 5.74) is 8.53. The number of carbonyl (C=O) groups excluding carboxylic acids is 2. The second kappa shape index (κ2) is 12.8. The van der Waals surface area contributed by atoms with Crippen LogP contribution in [0.1, 0.15) is 75.0 Å². The number of rotatable bonds is 11. The van der Waals surface area contributed by atoms with Gasteiger partial charge in [-0.15, -0.1) is 0 Å². The summed E-state index contributed by atoms with van der Waals surface area (Å²) in [5.74, 6) is 0.765. The highest BCUT2D eigenvalue weighted by atomic mass is 16.2. The Labute approximate surface area is 220 Å². The van der Waals surface area contributed by atoms with Crippen molar-refractivity contribution in [1.82, 2.24) is 15.2 Å². The zero-order valence-electron chi connectivity index (χ0n) is 22.0. The van der Waals surface area contributed by atoms with Gasteiger partial charge in [-0.1, -0.05) is 75.8 Å². The van der Waals surface area contributed by atoms with Crippen molar-refractivity contribution in [3.05, 3.63) is 65.5 Å². The molecule has 5 N–H and O–H groups in total. The minimum absolute atomic E-state index is 0.0154. The van der Waals surface area contributed by atoms with Crippen molar-refractivity contribution in [3.8, 4) is 0 Å². The molecule has 0 radical (unpaired) electrons. The Kier molecular flexibility index (Phi) is 9.28. The van der Waals surface area contributed by atoms with Crippen LogP contribution in [0.2, 0.25) is 0 Å². The van der Waals surface area contributed by atoms with E-state index < -0.39 is 5.54 Å². The first-order chi connectivity index (χ1) is 18.0. The number of pyridine rings is 1. The van der Waals surface area contributed by atoms with Crippen LogP contribution >= 0.6 is 0 Å². The highest BCUT2D eigenvalue weighted by Crippen LogP contribution is 2.38. The standard InChI is InChI=1S/C29H40N6O2/c1-2-3-16-32-28(37)33-20-23-11-13-24(14-12-23)21-35-26(36)29(34-27(35)30,17-22-8-5-4-6-9-22)18-25-10-7-15-31-19-25/h7,10-15,19,22H,2-6,8-9,16-18,20-21H2,1H3,(H2,30,34)(H2,32,33,37)/p+1. The molecule has 4 rings (SSSR count). The number of benzene rings is 1. The number of urea groups is 1. The van der Waals surface area contributed by atoms with Gasteiger partial charge in [0.1, 0.15) is 5.54 Å². The first-order valence-corrected chi connectivity index (χ1v) is 13.7. The number of carbonyl (C=O) groups is 2. The Morgan fingerprint density at radius 2 is 1.89 bits per heavy atom. The number of aliphatic imine (C=N–C) groups is 1. The van der Waals surface area contributed by atoms with E-state index >= 15 is 0 Å². The molecule has 1 aromatic carbocycles. The van der Waals surface area contributed by atoms with Crippen molar-refractivity contribution in [2.45, 2.75) is 83.3 Å². The monoisotopic (exact) mass is 505 g/mol. The summed E-state index contributed by atoms with van der Waals surface area (Å²) >= 11 is 0. The van der Waals surface area contributed by atoms with Crippen molar-refractivity contribution in [3.63, 3.8) is 0 Å². The van der Waals surface area contributed by atoms with Gasteiger partial charge in [0.15, 0.2) is 5.96 Å². The maximum Gasteiger partial charge on any atom is 0.413 e. The van der Waals surface area contributed by atoms with Gasteiger partial charge in [-0.25, -0.2) is 9.79 Å². The molecule has 0 bridgehead atoms. The quantitative estimate of drug-likeness (QED) is 0.406. The van der Waals surface area contributed by atoms with Crippen molar-refractivity contribution in [2.24, 2.45) is 16.6 Å². The number of guanidine groups is 1. The van der Waals surface area contributed by atoms with Gasteiger partial charge in [0.2, 0.25) is 0 Å². The third-order valence-corrected chi connectivity index (χ3v) is 7.54. The van der Waals surface area contributed by atoms with Crippen molar-refractivity contribution >= 4 is 17.9 Å². The van der Waals surface area contributed by atoms with E-state index in [2.05, 4.69) is 17.2 Å². The molecule has 2 aromatic rings. The molecular weight excluding hydrogens is 464 g/mol. The average Bonchev–Trinajstić information content (AvgIpc) is 3.13. The van der Waals surface area contributed by atoms with Gasteiger partial charge in [0.05, 0.1) is 13.1 Å². The number of nitrogens with zero attached hydrogens (tertiary/aromatic N) is 3. The summed E-state index contributed by atoms with van der Waals surface area (Å²) in [6.07, 6.45) is 12.9. The number of primary amides is 1. The van der Waals surface area contributed by atoms with Crippen LogP contribution in [0.25, 0.3) is 0 Å². The predicted octanol–water partition coefficient (Wildman–Crippen LogP) is 3.26. The number of quaternary nitrogens is 1. The number of hydrogen-bond acceptors (Lipinski definition) is 5. The lowest BCUT2D eigenvalue weighted by Crippen LogP contribution is -2.90. The molecule has 37 heavy (non-hydrogen) atoms. The normalized spacial score (nSPS) is 20.2. The van der Waals surface area contributed by atoms with Gasteiger partial charge < -0.3 is 11.1 Å². The van der Waals surface area contributed by atoms with Crippen LogP contribution in [0.15, 0.2) is 53.8 Å². The van der Waals surface area contributed by atoms with Crippen LogP contribution in [0.4, 0.5) is 4.79 Å². The van der Waals surface area contributed by atoms with Crippen LogP contribution in [0.3, 0.4) is 0 Å². The molecule has 0 spiro atoms. The van der Waals surface area contributed by atoms with E-state index in [1.807, 2.05) is 42.6 Å². The SMILES string of the molecule is CCCC[NH2+]C(=O)NCc1ccc(CN2C(=O)C(Cc3cccnc3)(CC3CCCCC3)N=C2N)cc1. The van der Waals surface area contributed by atoms with Gasteiger partial charge in [-0.05, 0) is 41.5 Å². The highest BCUT2D eigenvalue weighted by Gasteiger charge is 2.48. The van der Waals surface area contributed by atoms with E-state index in [4.69, 9.17) is 10.7 Å². The number of amides is 3. The fourth-order valence-electron chi connectivity index (χ4n) is 5.51. The maximum atomic E-state index is 13.9. The van der Waals surface area contributed by atoms with E-state index in [-0.39, 0.29) is 11.9 Å². The molecule has 1 atom stereocenters. The van der Waals surface area contributed by atoms with Crippen molar-refractivity contribution in [2.75, 3.05) is 6.54 Å². The van der Waals surface area contributed by atoms with E-state index in [0.717, 1.165) is 55.3 Å². The third kappa shape index (κ3) is 7.16. The van der Waals surface area contributed by atoms with Gasteiger partial charge in [-0.2, -0.15) is 0 Å².